The molecule has 0 aliphatic carbocycles. The van der Waals surface area contributed by atoms with Gasteiger partial charge in [0.2, 0.25) is 17.7 Å². The van der Waals surface area contributed by atoms with Gasteiger partial charge in [0.05, 0.1) is 11.8 Å². The minimum absolute atomic E-state index is 0.178. The minimum atomic E-state index is -1.22. The lowest BCUT2D eigenvalue weighted by molar-refractivity contribution is -0.143. The molecular weight excluding hydrogens is 438 g/mol. The number of carbonyl (C=O) groups excluding carboxylic acids is 3. The van der Waals surface area contributed by atoms with Crippen LogP contribution in [0, 0.1) is 17.8 Å². The Morgan fingerprint density at radius 1 is 1.24 bits per heavy atom. The van der Waals surface area contributed by atoms with Gasteiger partial charge >= 0.3 is 0 Å². The molecule has 2 saturated heterocycles. The van der Waals surface area contributed by atoms with Crippen molar-refractivity contribution in [2.75, 3.05) is 25.6 Å². The third kappa shape index (κ3) is 3.04. The van der Waals surface area contributed by atoms with Crippen molar-refractivity contribution < 1.29 is 19.1 Å². The lowest BCUT2D eigenvalue weighted by atomic mass is 9.76. The van der Waals surface area contributed by atoms with Crippen LogP contribution in [0.1, 0.15) is 32.3 Å². The van der Waals surface area contributed by atoms with Crippen LogP contribution < -0.4 is 10.6 Å². The van der Waals surface area contributed by atoms with Gasteiger partial charge in [-0.1, -0.05) is 29.8 Å². The van der Waals surface area contributed by atoms with Crippen LogP contribution in [0.3, 0.4) is 0 Å². The van der Waals surface area contributed by atoms with Crippen LogP contribution in [0.25, 0.3) is 0 Å². The number of nitrogens with zero attached hydrogens (tertiary/aromatic N) is 1. The molecule has 1 aromatic carbocycles. The molecule has 2 unspecified atom stereocenters. The lowest BCUT2D eigenvalue weighted by Gasteiger charge is -2.30. The third-order valence-corrected chi connectivity index (χ3v) is 6.72. The van der Waals surface area contributed by atoms with E-state index >= 15 is 0 Å². The van der Waals surface area contributed by atoms with E-state index in [1.807, 2.05) is 18.2 Å². The molecule has 0 saturated carbocycles. The molecule has 156 valence electrons. The third-order valence-electron chi connectivity index (χ3n) is 6.22. The van der Waals surface area contributed by atoms with Crippen molar-refractivity contribution in [1.29, 1.82) is 0 Å². The number of ether oxygens (including phenoxy) is 1. The Hall–Kier alpha value is -1.77. The van der Waals surface area contributed by atoms with E-state index in [9.17, 15) is 14.4 Å². The number of benzene rings is 1. The van der Waals surface area contributed by atoms with Crippen LogP contribution >= 0.6 is 15.9 Å². The van der Waals surface area contributed by atoms with Crippen LogP contribution in [-0.2, 0) is 24.7 Å². The number of fused-ring (bicyclic) bond motifs is 4. The number of imide groups is 1. The molecule has 1 spiro atoms. The van der Waals surface area contributed by atoms with Gasteiger partial charge in [0, 0.05) is 42.0 Å². The van der Waals surface area contributed by atoms with Crippen molar-refractivity contribution in [3.8, 4) is 0 Å². The second-order valence-electron chi connectivity index (χ2n) is 8.51. The number of methoxy groups -OCH3 is 1. The summed E-state index contributed by atoms with van der Waals surface area (Å²) in [6, 6.07) is 5.32. The summed E-state index contributed by atoms with van der Waals surface area (Å²) in [6.45, 7) is 4.95. The van der Waals surface area contributed by atoms with Gasteiger partial charge in [-0.25, -0.2) is 0 Å². The highest BCUT2D eigenvalue weighted by Gasteiger charge is 2.70. The van der Waals surface area contributed by atoms with E-state index in [1.165, 1.54) is 4.90 Å². The van der Waals surface area contributed by atoms with E-state index < -0.39 is 17.4 Å². The average molecular weight is 464 g/mol. The Balaban J connectivity index is 1.79. The highest BCUT2D eigenvalue weighted by atomic mass is 79.9. The highest BCUT2D eigenvalue weighted by Crippen LogP contribution is 2.54. The molecule has 3 heterocycles. The van der Waals surface area contributed by atoms with E-state index in [0.29, 0.717) is 37.6 Å². The molecule has 2 N–H and O–H groups in total. The number of hydrogen-bond acceptors (Lipinski definition) is 5. The van der Waals surface area contributed by atoms with E-state index in [1.54, 1.807) is 7.11 Å². The lowest BCUT2D eigenvalue weighted by Crippen LogP contribution is -2.53. The Bertz CT molecular complexity index is 873. The summed E-state index contributed by atoms with van der Waals surface area (Å²) in [6.07, 6.45) is 1.29. The van der Waals surface area contributed by atoms with Gasteiger partial charge in [-0.2, -0.15) is 0 Å². The van der Waals surface area contributed by atoms with Gasteiger partial charge in [-0.15, -0.1) is 0 Å². The predicted octanol–water partition coefficient (Wildman–Crippen LogP) is 2.25. The Morgan fingerprint density at radius 3 is 2.69 bits per heavy atom. The monoisotopic (exact) mass is 463 g/mol. The van der Waals surface area contributed by atoms with Crippen LogP contribution in [0.2, 0.25) is 0 Å². The van der Waals surface area contributed by atoms with E-state index in [0.717, 1.165) is 10.0 Å². The molecule has 3 aliphatic heterocycles. The van der Waals surface area contributed by atoms with Gasteiger partial charge in [0.15, 0.2) is 0 Å². The van der Waals surface area contributed by atoms with Gasteiger partial charge < -0.3 is 10.1 Å². The van der Waals surface area contributed by atoms with E-state index in [4.69, 9.17) is 4.74 Å². The van der Waals surface area contributed by atoms with Gasteiger partial charge in [0.25, 0.3) is 0 Å². The zero-order valence-corrected chi connectivity index (χ0v) is 18.4. The quantitative estimate of drug-likeness (QED) is 0.498. The Kier molecular flexibility index (Phi) is 5.29. The number of nitrogens with one attached hydrogen (secondary N) is 2. The summed E-state index contributed by atoms with van der Waals surface area (Å²) in [5.74, 6) is -1.66. The smallest absolute Gasteiger partial charge is 0.250 e. The fourth-order valence-corrected chi connectivity index (χ4v) is 5.49. The molecule has 29 heavy (non-hydrogen) atoms. The van der Waals surface area contributed by atoms with Crippen LogP contribution in [0.4, 0.5) is 5.69 Å². The first-order valence-corrected chi connectivity index (χ1v) is 10.8. The van der Waals surface area contributed by atoms with Crippen LogP contribution in [-0.4, -0.2) is 48.9 Å². The first-order valence-electron chi connectivity index (χ1n) is 10.0. The van der Waals surface area contributed by atoms with Gasteiger partial charge in [-0.3, -0.25) is 24.6 Å². The van der Waals surface area contributed by atoms with Crippen molar-refractivity contribution in [3.63, 3.8) is 0 Å². The second kappa shape index (κ2) is 7.49. The number of hydrogen-bond donors (Lipinski definition) is 2. The number of amides is 3. The zero-order chi connectivity index (χ0) is 20.9. The number of anilines is 1. The summed E-state index contributed by atoms with van der Waals surface area (Å²) < 4.78 is 5.90. The summed E-state index contributed by atoms with van der Waals surface area (Å²) in [5.41, 5.74) is 0.206. The van der Waals surface area contributed by atoms with E-state index in [2.05, 4.69) is 40.4 Å². The fourth-order valence-electron chi connectivity index (χ4n) is 5.13. The highest BCUT2D eigenvalue weighted by molar-refractivity contribution is 9.10. The predicted molar refractivity (Wildman–Crippen MR) is 111 cm³/mol. The maximum Gasteiger partial charge on any atom is 0.250 e. The minimum Gasteiger partial charge on any atom is -0.385 e. The molecular formula is C21H26BrN3O4. The van der Waals surface area contributed by atoms with Crippen molar-refractivity contribution in [2.45, 2.75) is 38.3 Å². The maximum absolute atomic E-state index is 13.5. The summed E-state index contributed by atoms with van der Waals surface area (Å²) in [7, 11) is 1.59. The van der Waals surface area contributed by atoms with Crippen molar-refractivity contribution >= 4 is 39.3 Å². The Labute approximate surface area is 178 Å². The zero-order valence-electron chi connectivity index (χ0n) is 16.8. The second-order valence-corrected chi connectivity index (χ2v) is 9.43. The molecule has 4 atom stereocenters. The average Bonchev–Trinajstić information content (AvgIpc) is 3.22. The molecule has 8 heteroatoms. The first-order chi connectivity index (χ1) is 13.8. The normalized spacial score (nSPS) is 30.4. The maximum atomic E-state index is 13.5. The van der Waals surface area contributed by atoms with Gasteiger partial charge in [-0.05, 0) is 37.0 Å². The van der Waals surface area contributed by atoms with Crippen molar-refractivity contribution in [2.24, 2.45) is 17.8 Å². The number of carbonyl (C=O) groups is 3. The molecule has 3 amide bonds. The largest absolute Gasteiger partial charge is 0.385 e. The van der Waals surface area contributed by atoms with Gasteiger partial charge in [0.1, 0.15) is 5.54 Å². The first kappa shape index (κ1) is 20.5. The van der Waals surface area contributed by atoms with Crippen molar-refractivity contribution in [3.05, 3.63) is 28.2 Å². The molecule has 3 aliphatic rings. The molecule has 0 aromatic heterocycles. The topological polar surface area (TPSA) is 87.7 Å². The van der Waals surface area contributed by atoms with Crippen LogP contribution in [0.5, 0.6) is 0 Å². The number of rotatable bonds is 6. The number of halogens is 1. The molecule has 7 nitrogen and oxygen atoms in total. The molecule has 1 aromatic rings. The standard InChI is InChI=1S/C21H26BrN3O4/c1-11(2)9-15-16-17(19(27)25(18(16)26)7-4-8-29-3)21(24-15)13-10-12(22)5-6-14(13)23-20(21)28/h5-6,10-11,15-17,24H,4,7-9H2,1-3H3,(H,23,28)/t15?,16-,17+,21?/m0/s1. The Morgan fingerprint density at radius 2 is 2.00 bits per heavy atom. The summed E-state index contributed by atoms with van der Waals surface area (Å²) in [5, 5.41) is 6.38. The van der Waals surface area contributed by atoms with Crippen molar-refractivity contribution in [1.82, 2.24) is 10.2 Å². The molecule has 0 bridgehead atoms. The van der Waals surface area contributed by atoms with E-state index in [-0.39, 0.29) is 23.8 Å². The molecule has 2 fully saturated rings. The SMILES string of the molecule is COCCCN1C(=O)[C@H]2C(CC(C)C)NC3(C(=O)Nc4ccc(Br)cc43)[C@H]2C1=O. The molecule has 4 rings (SSSR count). The summed E-state index contributed by atoms with van der Waals surface area (Å²) >= 11 is 3.48. The van der Waals surface area contributed by atoms with Crippen LogP contribution in [0.15, 0.2) is 22.7 Å². The fraction of sp³-hybridized carbons (Fsp3) is 0.571. The summed E-state index contributed by atoms with van der Waals surface area (Å²) in [4.78, 5) is 41.4. The number of likely N-dealkylation sites (tertiary alicyclic amines) is 1. The molecule has 0 radical (unpaired) electrons.